The van der Waals surface area contributed by atoms with Crippen molar-refractivity contribution in [1.82, 2.24) is 0 Å². The van der Waals surface area contributed by atoms with Crippen molar-refractivity contribution in [2.75, 3.05) is 0 Å². The lowest BCUT2D eigenvalue weighted by molar-refractivity contribution is 0.710. The second-order valence-electron chi connectivity index (χ2n) is 4.22. The average molecular weight is 174 g/mol. The highest BCUT2D eigenvalue weighted by atomic mass is 14.2. The predicted octanol–water partition coefficient (Wildman–Crippen LogP) is 3.57. The molecule has 0 aromatic heterocycles. The maximum atomic E-state index is 2.28. The van der Waals surface area contributed by atoms with Crippen molar-refractivity contribution < 1.29 is 0 Å². The first-order valence-electron chi connectivity index (χ1n) is 5.37. The molecule has 0 N–H and O–H groups in total. The Kier molecular flexibility index (Phi) is 2.39. The number of fused-ring (bicyclic) bond motifs is 1. The number of hydrogen-bond acceptors (Lipinski definition) is 0. The molecule has 1 aromatic carbocycles. The van der Waals surface area contributed by atoms with Gasteiger partial charge in [-0.3, -0.25) is 0 Å². The zero-order valence-electron chi connectivity index (χ0n) is 8.69. The minimum absolute atomic E-state index is 1.31. The highest BCUT2D eigenvalue weighted by molar-refractivity contribution is 5.40. The lowest BCUT2D eigenvalue weighted by Gasteiger charge is -2.11. The van der Waals surface area contributed by atoms with Crippen molar-refractivity contribution in [2.24, 2.45) is 0 Å². The summed E-state index contributed by atoms with van der Waals surface area (Å²) in [6, 6.07) is 4.55. The van der Waals surface area contributed by atoms with E-state index in [9.17, 15) is 0 Å². The number of aryl methyl sites for hydroxylation is 2. The van der Waals surface area contributed by atoms with E-state index in [1.54, 1.807) is 11.1 Å². The van der Waals surface area contributed by atoms with Gasteiger partial charge >= 0.3 is 0 Å². The molecule has 1 aliphatic carbocycles. The monoisotopic (exact) mass is 174 g/mol. The molecule has 0 spiro atoms. The van der Waals surface area contributed by atoms with E-state index in [0.717, 1.165) is 0 Å². The van der Waals surface area contributed by atoms with Crippen LogP contribution in [-0.4, -0.2) is 0 Å². The summed E-state index contributed by atoms with van der Waals surface area (Å²) in [6.07, 6.45) is 6.80. The predicted molar refractivity (Wildman–Crippen MR) is 57.2 cm³/mol. The maximum absolute atomic E-state index is 2.28. The van der Waals surface area contributed by atoms with Gasteiger partial charge in [0.05, 0.1) is 0 Å². The van der Waals surface area contributed by atoms with Gasteiger partial charge in [0.1, 0.15) is 0 Å². The van der Waals surface area contributed by atoms with Gasteiger partial charge in [-0.05, 0) is 61.8 Å². The minimum Gasteiger partial charge on any atom is -0.0588 e. The van der Waals surface area contributed by atoms with E-state index in [1.807, 2.05) is 0 Å². The Hall–Kier alpha value is -0.780. The SMILES string of the molecule is Cc1ccc(C)c2c1CCCCC2. The molecular formula is C13H18. The molecule has 0 amide bonds. The molecule has 0 fully saturated rings. The minimum atomic E-state index is 1.31. The van der Waals surface area contributed by atoms with Gasteiger partial charge < -0.3 is 0 Å². The Balaban J connectivity index is 2.50. The van der Waals surface area contributed by atoms with Gasteiger partial charge in [0.15, 0.2) is 0 Å². The van der Waals surface area contributed by atoms with Gasteiger partial charge in [-0.1, -0.05) is 18.6 Å². The smallest absolute Gasteiger partial charge is 0.0273 e. The van der Waals surface area contributed by atoms with Crippen LogP contribution in [0.2, 0.25) is 0 Å². The molecule has 0 heteroatoms. The normalized spacial score (nSPS) is 16.5. The average Bonchev–Trinajstić information content (AvgIpc) is 2.37. The molecular weight excluding hydrogens is 156 g/mol. The Morgan fingerprint density at radius 3 is 1.69 bits per heavy atom. The fourth-order valence-electron chi connectivity index (χ4n) is 2.40. The first-order chi connectivity index (χ1) is 6.29. The van der Waals surface area contributed by atoms with Gasteiger partial charge in [0, 0.05) is 0 Å². The van der Waals surface area contributed by atoms with Crippen molar-refractivity contribution in [3.05, 3.63) is 34.4 Å². The Labute approximate surface area is 81.0 Å². The molecule has 0 unspecified atom stereocenters. The molecule has 1 aromatic rings. The summed E-state index contributed by atoms with van der Waals surface area (Å²) in [6.45, 7) is 4.51. The molecule has 0 atom stereocenters. The highest BCUT2D eigenvalue weighted by Gasteiger charge is 2.11. The molecule has 0 heterocycles. The van der Waals surface area contributed by atoms with E-state index in [2.05, 4.69) is 26.0 Å². The van der Waals surface area contributed by atoms with Crippen LogP contribution in [0.15, 0.2) is 12.1 Å². The number of benzene rings is 1. The summed E-state index contributed by atoms with van der Waals surface area (Å²) in [5, 5.41) is 0. The Bertz CT molecular complexity index is 279. The third kappa shape index (κ3) is 1.63. The Morgan fingerprint density at radius 1 is 0.769 bits per heavy atom. The zero-order valence-corrected chi connectivity index (χ0v) is 8.69. The van der Waals surface area contributed by atoms with Crippen LogP contribution in [0, 0.1) is 13.8 Å². The standard InChI is InChI=1S/C13H18/c1-10-8-9-11(2)13-7-5-3-4-6-12(10)13/h8-9H,3-7H2,1-2H3. The summed E-state index contributed by atoms with van der Waals surface area (Å²) in [5.41, 5.74) is 6.31. The van der Waals surface area contributed by atoms with E-state index in [-0.39, 0.29) is 0 Å². The van der Waals surface area contributed by atoms with Crippen LogP contribution in [0.4, 0.5) is 0 Å². The van der Waals surface area contributed by atoms with Crippen molar-refractivity contribution in [2.45, 2.75) is 46.0 Å². The van der Waals surface area contributed by atoms with Crippen LogP contribution in [0.25, 0.3) is 0 Å². The fourth-order valence-corrected chi connectivity index (χ4v) is 2.40. The van der Waals surface area contributed by atoms with Crippen molar-refractivity contribution in [3.8, 4) is 0 Å². The summed E-state index contributed by atoms with van der Waals surface area (Å²) in [7, 11) is 0. The summed E-state index contributed by atoms with van der Waals surface area (Å²) in [4.78, 5) is 0. The molecule has 2 rings (SSSR count). The van der Waals surface area contributed by atoms with Crippen molar-refractivity contribution in [1.29, 1.82) is 0 Å². The van der Waals surface area contributed by atoms with Crippen LogP contribution in [0.3, 0.4) is 0 Å². The zero-order chi connectivity index (χ0) is 9.26. The first-order valence-corrected chi connectivity index (χ1v) is 5.37. The largest absolute Gasteiger partial charge is 0.0588 e. The lowest BCUT2D eigenvalue weighted by Crippen LogP contribution is -1.97. The quantitative estimate of drug-likeness (QED) is 0.527. The second-order valence-corrected chi connectivity index (χ2v) is 4.22. The molecule has 13 heavy (non-hydrogen) atoms. The molecule has 0 bridgehead atoms. The van der Waals surface area contributed by atoms with E-state index in [4.69, 9.17) is 0 Å². The maximum Gasteiger partial charge on any atom is -0.0273 e. The lowest BCUT2D eigenvalue weighted by atomic mass is 9.94. The van der Waals surface area contributed by atoms with E-state index in [0.29, 0.717) is 0 Å². The number of rotatable bonds is 0. The van der Waals surface area contributed by atoms with Crippen LogP contribution < -0.4 is 0 Å². The van der Waals surface area contributed by atoms with Gasteiger partial charge in [-0.2, -0.15) is 0 Å². The van der Waals surface area contributed by atoms with Gasteiger partial charge in [0.2, 0.25) is 0 Å². The highest BCUT2D eigenvalue weighted by Crippen LogP contribution is 2.25. The van der Waals surface area contributed by atoms with Gasteiger partial charge in [-0.15, -0.1) is 0 Å². The van der Waals surface area contributed by atoms with E-state index in [1.165, 1.54) is 43.2 Å². The first kappa shape index (κ1) is 8.80. The second kappa shape index (κ2) is 3.53. The molecule has 1 aliphatic rings. The topological polar surface area (TPSA) is 0 Å². The van der Waals surface area contributed by atoms with Crippen LogP contribution in [0.1, 0.15) is 41.5 Å². The van der Waals surface area contributed by atoms with Crippen LogP contribution >= 0.6 is 0 Å². The van der Waals surface area contributed by atoms with Crippen LogP contribution in [-0.2, 0) is 12.8 Å². The summed E-state index contributed by atoms with van der Waals surface area (Å²) in [5.74, 6) is 0. The third-order valence-electron chi connectivity index (χ3n) is 3.25. The molecule has 0 saturated carbocycles. The molecule has 70 valence electrons. The molecule has 0 saturated heterocycles. The third-order valence-corrected chi connectivity index (χ3v) is 3.25. The summed E-state index contributed by atoms with van der Waals surface area (Å²) >= 11 is 0. The molecule has 0 aliphatic heterocycles. The van der Waals surface area contributed by atoms with Crippen molar-refractivity contribution >= 4 is 0 Å². The van der Waals surface area contributed by atoms with Gasteiger partial charge in [-0.25, -0.2) is 0 Å². The van der Waals surface area contributed by atoms with E-state index >= 15 is 0 Å². The summed E-state index contributed by atoms with van der Waals surface area (Å²) < 4.78 is 0. The Morgan fingerprint density at radius 2 is 1.23 bits per heavy atom. The van der Waals surface area contributed by atoms with E-state index < -0.39 is 0 Å². The van der Waals surface area contributed by atoms with Crippen LogP contribution in [0.5, 0.6) is 0 Å². The molecule has 0 nitrogen and oxygen atoms in total. The van der Waals surface area contributed by atoms with Crippen molar-refractivity contribution in [3.63, 3.8) is 0 Å². The fraction of sp³-hybridized carbons (Fsp3) is 0.538. The van der Waals surface area contributed by atoms with Gasteiger partial charge in [0.25, 0.3) is 0 Å². The number of hydrogen-bond donors (Lipinski definition) is 0. The molecule has 0 radical (unpaired) electrons.